The van der Waals surface area contributed by atoms with Crippen molar-refractivity contribution in [3.05, 3.63) is 16.0 Å². The van der Waals surface area contributed by atoms with Gasteiger partial charge in [0.1, 0.15) is 5.69 Å². The Morgan fingerprint density at radius 1 is 1.50 bits per heavy atom. The van der Waals surface area contributed by atoms with E-state index in [1.165, 1.54) is 0 Å². The van der Waals surface area contributed by atoms with Gasteiger partial charge in [0.05, 0.1) is 13.0 Å². The van der Waals surface area contributed by atoms with Crippen molar-refractivity contribution in [1.82, 2.24) is 20.3 Å². The summed E-state index contributed by atoms with van der Waals surface area (Å²) in [7, 11) is 0. The van der Waals surface area contributed by atoms with E-state index in [1.807, 2.05) is 0 Å². The molecule has 0 atom stereocenters. The molecule has 0 unspecified atom stereocenters. The average molecular weight is 224 g/mol. The van der Waals surface area contributed by atoms with Crippen molar-refractivity contribution in [1.29, 1.82) is 0 Å². The van der Waals surface area contributed by atoms with Gasteiger partial charge in [0.25, 0.3) is 5.56 Å². The number of hydrogen-bond donors (Lipinski definition) is 1. The molecule has 0 aromatic carbocycles. The zero-order valence-corrected chi connectivity index (χ0v) is 8.39. The Kier molecular flexibility index (Phi) is 2.63. The second kappa shape index (κ2) is 4.09. The molecule has 1 N–H and O–H groups in total. The summed E-state index contributed by atoms with van der Waals surface area (Å²) < 4.78 is 9.08. The molecule has 8 nitrogen and oxygen atoms in total. The van der Waals surface area contributed by atoms with E-state index < -0.39 is 11.5 Å². The smallest absolute Gasteiger partial charge is 0.312 e. The molecule has 0 amide bonds. The molecule has 0 aliphatic rings. The zero-order chi connectivity index (χ0) is 11.5. The summed E-state index contributed by atoms with van der Waals surface area (Å²) >= 11 is 0. The summed E-state index contributed by atoms with van der Waals surface area (Å²) in [6, 6.07) is 0. The van der Waals surface area contributed by atoms with Gasteiger partial charge >= 0.3 is 5.97 Å². The lowest BCUT2D eigenvalue weighted by atomic mass is 10.3. The Balaban J connectivity index is 2.33. The molecule has 0 saturated heterocycles. The Labute approximate surface area is 88.6 Å². The van der Waals surface area contributed by atoms with Crippen LogP contribution < -0.4 is 5.56 Å². The van der Waals surface area contributed by atoms with Gasteiger partial charge in [-0.2, -0.15) is 0 Å². The van der Waals surface area contributed by atoms with E-state index >= 15 is 0 Å². The van der Waals surface area contributed by atoms with Gasteiger partial charge in [0.15, 0.2) is 0 Å². The molecule has 0 aliphatic carbocycles. The van der Waals surface area contributed by atoms with Gasteiger partial charge in [0.2, 0.25) is 11.3 Å². The van der Waals surface area contributed by atoms with Crippen molar-refractivity contribution in [3.8, 4) is 0 Å². The molecule has 2 aromatic rings. The van der Waals surface area contributed by atoms with Crippen LogP contribution in [-0.4, -0.2) is 32.9 Å². The van der Waals surface area contributed by atoms with Crippen molar-refractivity contribution in [2.24, 2.45) is 0 Å². The molecule has 0 spiro atoms. The van der Waals surface area contributed by atoms with Crippen LogP contribution in [0.3, 0.4) is 0 Å². The van der Waals surface area contributed by atoms with E-state index in [2.05, 4.69) is 24.9 Å². The third kappa shape index (κ3) is 1.90. The molecule has 84 valence electrons. The first-order valence-electron chi connectivity index (χ1n) is 4.57. The second-order valence-electron chi connectivity index (χ2n) is 2.93. The van der Waals surface area contributed by atoms with Gasteiger partial charge in [0, 0.05) is 0 Å². The van der Waals surface area contributed by atoms with E-state index in [-0.39, 0.29) is 30.0 Å². The van der Waals surface area contributed by atoms with E-state index in [0.29, 0.717) is 0 Å². The number of aromatic amines is 1. The molecule has 2 aromatic heterocycles. The maximum Gasteiger partial charge on any atom is 0.312 e. The molecule has 0 bridgehead atoms. The minimum Gasteiger partial charge on any atom is -0.466 e. The highest BCUT2D eigenvalue weighted by atomic mass is 16.6. The maximum absolute atomic E-state index is 11.4. The van der Waals surface area contributed by atoms with Crippen molar-refractivity contribution in [2.45, 2.75) is 13.3 Å². The molecule has 2 heterocycles. The maximum atomic E-state index is 11.4. The standard InChI is InChI=1S/C8H8N4O4/c1-2-15-5(13)3-4-8(14)10-7-6(9-4)11-16-12-7/h2-3H2,1H3,(H,10,12,14). The van der Waals surface area contributed by atoms with Crippen LogP contribution in [0, 0.1) is 0 Å². The fourth-order valence-corrected chi connectivity index (χ4v) is 1.16. The van der Waals surface area contributed by atoms with E-state index in [9.17, 15) is 9.59 Å². The molecule has 0 saturated carbocycles. The van der Waals surface area contributed by atoms with Gasteiger partial charge in [-0.15, -0.1) is 0 Å². The van der Waals surface area contributed by atoms with Gasteiger partial charge in [-0.05, 0) is 17.2 Å². The van der Waals surface area contributed by atoms with Crippen LogP contribution in [0.4, 0.5) is 0 Å². The first kappa shape index (κ1) is 10.3. The highest BCUT2D eigenvalue weighted by Crippen LogP contribution is 2.00. The lowest BCUT2D eigenvalue weighted by Gasteiger charge is -1.99. The Morgan fingerprint density at radius 3 is 3.06 bits per heavy atom. The Morgan fingerprint density at radius 2 is 2.31 bits per heavy atom. The first-order chi connectivity index (χ1) is 7.70. The normalized spacial score (nSPS) is 10.6. The minimum absolute atomic E-state index is 0.0293. The summed E-state index contributed by atoms with van der Waals surface area (Å²) in [5.41, 5.74) is -0.172. The van der Waals surface area contributed by atoms with Crippen LogP contribution in [0.25, 0.3) is 11.3 Å². The zero-order valence-electron chi connectivity index (χ0n) is 8.39. The van der Waals surface area contributed by atoms with E-state index in [0.717, 1.165) is 0 Å². The SMILES string of the molecule is CCOC(=O)Cc1nc2nonc2[nH]c1=O. The van der Waals surface area contributed by atoms with Crippen molar-refractivity contribution in [3.63, 3.8) is 0 Å². The fourth-order valence-electron chi connectivity index (χ4n) is 1.16. The first-order valence-corrected chi connectivity index (χ1v) is 4.57. The Hall–Kier alpha value is -2.25. The van der Waals surface area contributed by atoms with Gasteiger partial charge < -0.3 is 4.74 Å². The second-order valence-corrected chi connectivity index (χ2v) is 2.93. The predicted octanol–water partition coefficient (Wildman–Crippen LogP) is -0.588. The number of carbonyl (C=O) groups excluding carboxylic acids is 1. The topological polar surface area (TPSA) is 111 Å². The van der Waals surface area contributed by atoms with Crippen LogP contribution in [0.5, 0.6) is 0 Å². The number of aromatic nitrogens is 4. The predicted molar refractivity (Wildman–Crippen MR) is 50.6 cm³/mol. The molecular weight excluding hydrogens is 216 g/mol. The summed E-state index contributed by atoms with van der Waals surface area (Å²) in [4.78, 5) is 28.8. The van der Waals surface area contributed by atoms with Crippen LogP contribution >= 0.6 is 0 Å². The summed E-state index contributed by atoms with van der Waals surface area (Å²) in [5, 5.41) is 6.87. The molecular formula is C8H8N4O4. The molecule has 0 fully saturated rings. The molecule has 2 rings (SSSR count). The Bertz CT molecular complexity index is 573. The number of H-pyrrole nitrogens is 1. The van der Waals surface area contributed by atoms with Crippen LogP contribution in [0.1, 0.15) is 12.6 Å². The van der Waals surface area contributed by atoms with Crippen LogP contribution in [0.2, 0.25) is 0 Å². The minimum atomic E-state index is -0.517. The number of fused-ring (bicyclic) bond motifs is 1. The molecule has 0 aliphatic heterocycles. The number of rotatable bonds is 3. The monoisotopic (exact) mass is 224 g/mol. The number of esters is 1. The lowest BCUT2D eigenvalue weighted by Crippen LogP contribution is -2.20. The summed E-state index contributed by atoms with van der Waals surface area (Å²) in [5.74, 6) is -0.517. The van der Waals surface area contributed by atoms with E-state index in [1.54, 1.807) is 6.92 Å². The largest absolute Gasteiger partial charge is 0.466 e. The van der Waals surface area contributed by atoms with Crippen LogP contribution in [-0.2, 0) is 16.0 Å². The highest BCUT2D eigenvalue weighted by Gasteiger charge is 2.12. The number of nitrogens with one attached hydrogen (secondary N) is 1. The molecule has 8 heteroatoms. The number of ether oxygens (including phenoxy) is 1. The van der Waals surface area contributed by atoms with Crippen molar-refractivity contribution in [2.75, 3.05) is 6.61 Å². The number of hydrogen-bond acceptors (Lipinski definition) is 7. The van der Waals surface area contributed by atoms with Gasteiger partial charge in [-0.25, -0.2) is 9.61 Å². The van der Waals surface area contributed by atoms with Crippen LogP contribution in [0.15, 0.2) is 9.42 Å². The summed E-state index contributed by atoms with van der Waals surface area (Å²) in [6.45, 7) is 1.94. The van der Waals surface area contributed by atoms with E-state index in [4.69, 9.17) is 4.74 Å². The quantitative estimate of drug-likeness (QED) is 0.693. The number of carbonyl (C=O) groups is 1. The molecule has 16 heavy (non-hydrogen) atoms. The van der Waals surface area contributed by atoms with Gasteiger partial charge in [-0.1, -0.05) is 0 Å². The molecule has 0 radical (unpaired) electrons. The highest BCUT2D eigenvalue weighted by molar-refractivity contribution is 5.72. The lowest BCUT2D eigenvalue weighted by molar-refractivity contribution is -0.142. The van der Waals surface area contributed by atoms with Crippen molar-refractivity contribution < 1.29 is 14.2 Å². The fraction of sp³-hybridized carbons (Fsp3) is 0.375. The number of nitrogens with zero attached hydrogens (tertiary/aromatic N) is 3. The van der Waals surface area contributed by atoms with Crippen molar-refractivity contribution >= 4 is 17.3 Å². The average Bonchev–Trinajstić information content (AvgIpc) is 2.65. The van der Waals surface area contributed by atoms with Gasteiger partial charge in [-0.3, -0.25) is 14.6 Å². The summed E-state index contributed by atoms with van der Waals surface area (Å²) in [6.07, 6.45) is -0.202. The third-order valence-corrected chi connectivity index (χ3v) is 1.82. The third-order valence-electron chi connectivity index (χ3n) is 1.82.